The van der Waals surface area contributed by atoms with Crippen LogP contribution in [0.25, 0.3) is 10.8 Å². The zero-order valence-electron chi connectivity index (χ0n) is 15.5. The van der Waals surface area contributed by atoms with Gasteiger partial charge >= 0.3 is 0 Å². The predicted molar refractivity (Wildman–Crippen MR) is 113 cm³/mol. The summed E-state index contributed by atoms with van der Waals surface area (Å²) in [4.78, 5) is 2.22. The molecule has 0 aliphatic carbocycles. The van der Waals surface area contributed by atoms with Gasteiger partial charge in [0.1, 0.15) is 0 Å². The first kappa shape index (κ1) is 19.0. The molecule has 0 aromatic heterocycles. The summed E-state index contributed by atoms with van der Waals surface area (Å²) >= 11 is 3.49. The second-order valence-electron chi connectivity index (χ2n) is 6.85. The molecule has 0 radical (unpaired) electrons. The summed E-state index contributed by atoms with van der Waals surface area (Å²) in [6, 6.07) is 11.7. The number of sulfonamides is 1. The highest BCUT2D eigenvalue weighted by Crippen LogP contribution is 2.44. The summed E-state index contributed by atoms with van der Waals surface area (Å²) in [5, 5.41) is 11.8. The van der Waals surface area contributed by atoms with Crippen molar-refractivity contribution in [3.8, 4) is 11.5 Å². The van der Waals surface area contributed by atoms with Crippen molar-refractivity contribution in [3.63, 3.8) is 0 Å². The van der Waals surface area contributed by atoms with Crippen LogP contribution < -0.4 is 14.4 Å². The van der Waals surface area contributed by atoms with Crippen LogP contribution in [0.3, 0.4) is 0 Å². The van der Waals surface area contributed by atoms with E-state index in [4.69, 9.17) is 4.74 Å². The van der Waals surface area contributed by atoms with Gasteiger partial charge in [-0.25, -0.2) is 8.42 Å². The van der Waals surface area contributed by atoms with Crippen LogP contribution in [0, 0.1) is 0 Å². The van der Waals surface area contributed by atoms with Gasteiger partial charge in [-0.1, -0.05) is 34.1 Å². The lowest BCUT2D eigenvalue weighted by Gasteiger charge is -2.30. The molecule has 1 heterocycles. The molecule has 1 unspecified atom stereocenters. The first-order chi connectivity index (χ1) is 13.2. The fourth-order valence-corrected chi connectivity index (χ4v) is 5.69. The monoisotopic (exact) mass is 462 g/mol. The van der Waals surface area contributed by atoms with Gasteiger partial charge in [0, 0.05) is 35.0 Å². The van der Waals surface area contributed by atoms with Gasteiger partial charge in [0.25, 0.3) is 0 Å². The Morgan fingerprint density at radius 1 is 1.14 bits per heavy atom. The third-order valence-electron chi connectivity index (χ3n) is 4.98. The van der Waals surface area contributed by atoms with Crippen LogP contribution in [-0.4, -0.2) is 34.7 Å². The van der Waals surface area contributed by atoms with Crippen LogP contribution in [-0.2, 0) is 10.0 Å². The Hall–Kier alpha value is -2.29. The minimum atomic E-state index is -3.74. The maximum atomic E-state index is 13.0. The number of phenols is 1. The highest BCUT2D eigenvalue weighted by molar-refractivity contribution is 9.10. The third-order valence-corrected chi connectivity index (χ3v) is 7.13. The minimum absolute atomic E-state index is 0.0556. The van der Waals surface area contributed by atoms with Crippen LogP contribution >= 0.6 is 15.9 Å². The number of halogens is 1. The number of nitrogens with zero attached hydrogens (tertiary/aromatic N) is 1. The van der Waals surface area contributed by atoms with Crippen molar-refractivity contribution >= 4 is 42.4 Å². The SMILES string of the molecule is COc1cc(Br)c(C2NS(=O)(=O)c3cccc4c(N(C)C)ccc2c34)cc1O. The van der Waals surface area contributed by atoms with Crippen molar-refractivity contribution in [1.82, 2.24) is 4.72 Å². The molecule has 1 aliphatic heterocycles. The van der Waals surface area contributed by atoms with E-state index in [0.29, 0.717) is 21.2 Å². The van der Waals surface area contributed by atoms with E-state index in [1.165, 1.54) is 13.2 Å². The highest BCUT2D eigenvalue weighted by atomic mass is 79.9. The van der Waals surface area contributed by atoms with Gasteiger partial charge in [0.15, 0.2) is 11.5 Å². The molecule has 1 atom stereocenters. The fourth-order valence-electron chi connectivity index (χ4n) is 3.70. The largest absolute Gasteiger partial charge is 0.504 e. The number of benzene rings is 3. The summed E-state index contributed by atoms with van der Waals surface area (Å²) in [6.07, 6.45) is 0. The van der Waals surface area contributed by atoms with Crippen molar-refractivity contribution in [2.75, 3.05) is 26.1 Å². The van der Waals surface area contributed by atoms with E-state index < -0.39 is 16.1 Å². The van der Waals surface area contributed by atoms with Gasteiger partial charge in [0.05, 0.1) is 18.0 Å². The van der Waals surface area contributed by atoms with E-state index in [9.17, 15) is 13.5 Å². The van der Waals surface area contributed by atoms with E-state index in [0.717, 1.165) is 16.6 Å². The number of ether oxygens (including phenoxy) is 1. The van der Waals surface area contributed by atoms with Crippen molar-refractivity contribution in [3.05, 3.63) is 58.1 Å². The second-order valence-corrected chi connectivity index (χ2v) is 9.38. The molecule has 0 spiro atoms. The zero-order chi connectivity index (χ0) is 20.2. The lowest BCUT2D eigenvalue weighted by Crippen LogP contribution is -2.33. The molecule has 0 saturated carbocycles. The van der Waals surface area contributed by atoms with E-state index in [2.05, 4.69) is 20.7 Å². The molecule has 0 saturated heterocycles. The number of nitrogens with one attached hydrogen (secondary N) is 1. The maximum absolute atomic E-state index is 13.0. The summed E-state index contributed by atoms with van der Waals surface area (Å²) in [7, 11) is 1.58. The molecule has 0 bridgehead atoms. The molecular formula is C20H19BrN2O4S. The Bertz CT molecular complexity index is 1210. The molecule has 146 valence electrons. The van der Waals surface area contributed by atoms with Crippen LogP contribution in [0.15, 0.2) is 51.8 Å². The predicted octanol–water partition coefficient (Wildman–Crippen LogP) is 3.76. The molecule has 8 heteroatoms. The lowest BCUT2D eigenvalue weighted by atomic mass is 9.93. The molecule has 0 fully saturated rings. The van der Waals surface area contributed by atoms with E-state index in [1.54, 1.807) is 18.2 Å². The smallest absolute Gasteiger partial charge is 0.242 e. The van der Waals surface area contributed by atoms with Gasteiger partial charge in [-0.15, -0.1) is 0 Å². The van der Waals surface area contributed by atoms with Gasteiger partial charge in [-0.05, 0) is 35.4 Å². The number of anilines is 1. The number of aromatic hydroxyl groups is 1. The highest BCUT2D eigenvalue weighted by Gasteiger charge is 2.34. The molecule has 28 heavy (non-hydrogen) atoms. The number of rotatable bonds is 3. The average Bonchev–Trinajstić information content (AvgIpc) is 2.65. The zero-order valence-corrected chi connectivity index (χ0v) is 17.9. The van der Waals surface area contributed by atoms with Crippen LogP contribution in [0.4, 0.5) is 5.69 Å². The fraction of sp³-hybridized carbons (Fsp3) is 0.200. The Kier molecular flexibility index (Phi) is 4.52. The quantitative estimate of drug-likeness (QED) is 0.619. The molecule has 3 aromatic rings. The Morgan fingerprint density at radius 3 is 2.57 bits per heavy atom. The third kappa shape index (κ3) is 2.83. The topological polar surface area (TPSA) is 78.9 Å². The Labute approximate surface area is 171 Å². The first-order valence-electron chi connectivity index (χ1n) is 8.56. The van der Waals surface area contributed by atoms with Crippen molar-refractivity contribution in [2.45, 2.75) is 10.9 Å². The van der Waals surface area contributed by atoms with Crippen LogP contribution in [0.2, 0.25) is 0 Å². The average molecular weight is 463 g/mol. The van der Waals surface area contributed by atoms with Crippen molar-refractivity contribution in [2.24, 2.45) is 0 Å². The van der Waals surface area contributed by atoms with Gasteiger partial charge < -0.3 is 14.7 Å². The Balaban J connectivity index is 2.05. The number of phenolic OH excluding ortho intramolecular Hbond substituents is 1. The van der Waals surface area contributed by atoms with E-state index in [1.807, 2.05) is 37.2 Å². The number of methoxy groups -OCH3 is 1. The summed E-state index contributed by atoms with van der Waals surface area (Å²) in [5.41, 5.74) is 2.37. The summed E-state index contributed by atoms with van der Waals surface area (Å²) < 4.78 is 34.6. The number of hydrogen-bond acceptors (Lipinski definition) is 5. The maximum Gasteiger partial charge on any atom is 0.242 e. The van der Waals surface area contributed by atoms with Gasteiger partial charge in [0.2, 0.25) is 10.0 Å². The second kappa shape index (κ2) is 6.65. The normalized spacial score (nSPS) is 17.5. The summed E-state index contributed by atoms with van der Waals surface area (Å²) in [5.74, 6) is 0.253. The van der Waals surface area contributed by atoms with Crippen molar-refractivity contribution in [1.29, 1.82) is 0 Å². The minimum Gasteiger partial charge on any atom is -0.504 e. The van der Waals surface area contributed by atoms with Gasteiger partial charge in [-0.3, -0.25) is 0 Å². The molecular weight excluding hydrogens is 444 g/mol. The molecule has 3 aromatic carbocycles. The standard InChI is InChI=1S/C20H19BrN2O4S/c1-23(2)15-8-7-12-19-11(15)5-4-6-18(19)28(25,26)22-20(12)13-9-16(24)17(27-3)10-14(13)21/h4-10,20,22,24H,1-3H3. The van der Waals surface area contributed by atoms with E-state index >= 15 is 0 Å². The van der Waals surface area contributed by atoms with E-state index in [-0.39, 0.29) is 10.6 Å². The molecule has 1 aliphatic rings. The molecule has 4 rings (SSSR count). The molecule has 0 amide bonds. The lowest BCUT2D eigenvalue weighted by molar-refractivity contribution is 0.372. The van der Waals surface area contributed by atoms with Crippen molar-refractivity contribution < 1.29 is 18.3 Å². The molecule has 2 N–H and O–H groups in total. The number of hydrogen-bond donors (Lipinski definition) is 2. The first-order valence-corrected chi connectivity index (χ1v) is 10.8. The Morgan fingerprint density at radius 2 is 1.89 bits per heavy atom. The van der Waals surface area contributed by atoms with Crippen LogP contribution in [0.1, 0.15) is 17.2 Å². The van der Waals surface area contributed by atoms with Crippen LogP contribution in [0.5, 0.6) is 11.5 Å². The summed E-state index contributed by atoms with van der Waals surface area (Å²) in [6.45, 7) is 0. The molecule has 6 nitrogen and oxygen atoms in total. The van der Waals surface area contributed by atoms with Gasteiger partial charge in [-0.2, -0.15) is 4.72 Å².